The Hall–Kier alpha value is -0.720. The van der Waals surface area contributed by atoms with Crippen molar-refractivity contribution in [1.29, 1.82) is 0 Å². The topological polar surface area (TPSA) is 54.5 Å². The second-order valence-electron chi connectivity index (χ2n) is 3.72. The van der Waals surface area contributed by atoms with E-state index in [1.807, 2.05) is 12.1 Å². The summed E-state index contributed by atoms with van der Waals surface area (Å²) in [6.45, 7) is 0.718. The van der Waals surface area contributed by atoms with Gasteiger partial charge in [0.05, 0.1) is 4.90 Å². The SMILES string of the molecule is CS(=O)CCN1Cc2ccccc2S1(=O)=O. The van der Waals surface area contributed by atoms with E-state index in [0.717, 1.165) is 5.56 Å². The zero-order chi connectivity index (χ0) is 11.8. The molecule has 1 unspecified atom stereocenters. The van der Waals surface area contributed by atoms with Gasteiger partial charge in [-0.25, -0.2) is 8.42 Å². The third kappa shape index (κ3) is 2.05. The normalized spacial score (nSPS) is 20.6. The van der Waals surface area contributed by atoms with Crippen molar-refractivity contribution >= 4 is 20.8 Å². The summed E-state index contributed by atoms with van der Waals surface area (Å²) in [6, 6.07) is 6.98. The molecule has 88 valence electrons. The minimum Gasteiger partial charge on any atom is -0.260 e. The summed E-state index contributed by atoms with van der Waals surface area (Å²) < 4.78 is 36.4. The number of hydrogen-bond donors (Lipinski definition) is 0. The van der Waals surface area contributed by atoms with Crippen LogP contribution in [0.25, 0.3) is 0 Å². The van der Waals surface area contributed by atoms with Gasteiger partial charge >= 0.3 is 0 Å². The molecule has 0 spiro atoms. The molecule has 0 radical (unpaired) electrons. The summed E-state index contributed by atoms with van der Waals surface area (Å²) in [5.41, 5.74) is 0.824. The van der Waals surface area contributed by atoms with E-state index in [1.54, 1.807) is 18.4 Å². The molecule has 1 atom stereocenters. The molecule has 2 rings (SSSR count). The fourth-order valence-electron chi connectivity index (χ4n) is 1.73. The van der Waals surface area contributed by atoms with Crippen molar-refractivity contribution in [3.05, 3.63) is 29.8 Å². The first-order valence-electron chi connectivity index (χ1n) is 4.90. The van der Waals surface area contributed by atoms with Crippen LogP contribution in [-0.2, 0) is 27.4 Å². The van der Waals surface area contributed by atoms with E-state index in [1.165, 1.54) is 4.31 Å². The van der Waals surface area contributed by atoms with Gasteiger partial charge in [0.2, 0.25) is 10.0 Å². The van der Waals surface area contributed by atoms with Crippen LogP contribution < -0.4 is 0 Å². The number of rotatable bonds is 3. The lowest BCUT2D eigenvalue weighted by Gasteiger charge is -2.12. The molecule has 0 amide bonds. The Morgan fingerprint density at radius 3 is 2.69 bits per heavy atom. The zero-order valence-electron chi connectivity index (χ0n) is 8.92. The fraction of sp³-hybridized carbons (Fsp3) is 0.400. The van der Waals surface area contributed by atoms with Crippen LogP contribution in [0.2, 0.25) is 0 Å². The van der Waals surface area contributed by atoms with Crippen molar-refractivity contribution in [3.8, 4) is 0 Å². The van der Waals surface area contributed by atoms with Crippen molar-refractivity contribution in [2.75, 3.05) is 18.6 Å². The first-order valence-corrected chi connectivity index (χ1v) is 8.06. The highest BCUT2D eigenvalue weighted by molar-refractivity contribution is 7.89. The molecule has 0 saturated heterocycles. The summed E-state index contributed by atoms with van der Waals surface area (Å²) >= 11 is 0. The molecule has 1 aliphatic heterocycles. The maximum atomic E-state index is 12.0. The molecule has 0 bridgehead atoms. The molecule has 6 heteroatoms. The van der Waals surface area contributed by atoms with Gasteiger partial charge in [-0.2, -0.15) is 4.31 Å². The van der Waals surface area contributed by atoms with Gasteiger partial charge in [-0.3, -0.25) is 4.21 Å². The molecule has 0 aromatic heterocycles. The van der Waals surface area contributed by atoms with Gasteiger partial charge in [-0.15, -0.1) is 0 Å². The van der Waals surface area contributed by atoms with E-state index in [-0.39, 0.29) is 0 Å². The summed E-state index contributed by atoms with van der Waals surface area (Å²) in [7, 11) is -4.31. The van der Waals surface area contributed by atoms with Gasteiger partial charge in [0, 0.05) is 35.9 Å². The van der Waals surface area contributed by atoms with Crippen molar-refractivity contribution in [1.82, 2.24) is 4.31 Å². The third-order valence-corrected chi connectivity index (χ3v) is 5.27. The molecule has 1 aliphatic rings. The van der Waals surface area contributed by atoms with Crippen LogP contribution in [0.15, 0.2) is 29.2 Å². The predicted octanol–water partition coefficient (Wildman–Crippen LogP) is 0.569. The Labute approximate surface area is 97.8 Å². The monoisotopic (exact) mass is 259 g/mol. The smallest absolute Gasteiger partial charge is 0.243 e. The molecule has 1 aromatic carbocycles. The number of hydrogen-bond acceptors (Lipinski definition) is 3. The Kier molecular flexibility index (Phi) is 3.14. The van der Waals surface area contributed by atoms with Crippen LogP contribution in [0.4, 0.5) is 0 Å². The van der Waals surface area contributed by atoms with Crippen molar-refractivity contribution in [3.63, 3.8) is 0 Å². The molecule has 4 nitrogen and oxygen atoms in total. The van der Waals surface area contributed by atoms with Gasteiger partial charge in [0.25, 0.3) is 0 Å². The second-order valence-corrected chi connectivity index (χ2v) is 7.18. The Morgan fingerprint density at radius 1 is 1.38 bits per heavy atom. The zero-order valence-corrected chi connectivity index (χ0v) is 10.6. The standard InChI is InChI=1S/C10H13NO3S2/c1-15(12)7-6-11-8-9-4-2-3-5-10(9)16(11,13)14/h2-5H,6-8H2,1H3. The lowest BCUT2D eigenvalue weighted by atomic mass is 10.2. The highest BCUT2D eigenvalue weighted by Gasteiger charge is 2.33. The average molecular weight is 259 g/mol. The molecule has 0 aliphatic carbocycles. The quantitative estimate of drug-likeness (QED) is 0.797. The summed E-state index contributed by atoms with van der Waals surface area (Å²) in [4.78, 5) is 0.386. The van der Waals surface area contributed by atoms with Gasteiger partial charge < -0.3 is 0 Å². The molecule has 16 heavy (non-hydrogen) atoms. The highest BCUT2D eigenvalue weighted by atomic mass is 32.2. The first kappa shape index (κ1) is 11.8. The van der Waals surface area contributed by atoms with Gasteiger partial charge in [0.15, 0.2) is 0 Å². The fourth-order valence-corrected chi connectivity index (χ4v) is 3.96. The van der Waals surface area contributed by atoms with Gasteiger partial charge in [-0.1, -0.05) is 18.2 Å². The molecule has 0 saturated carbocycles. The van der Waals surface area contributed by atoms with Crippen molar-refractivity contribution < 1.29 is 12.6 Å². The molecule has 0 fully saturated rings. The first-order chi connectivity index (χ1) is 7.51. The Morgan fingerprint density at radius 2 is 2.06 bits per heavy atom. The van der Waals surface area contributed by atoms with Gasteiger partial charge in [-0.05, 0) is 11.6 Å². The largest absolute Gasteiger partial charge is 0.260 e. The predicted molar refractivity (Wildman–Crippen MR) is 63.0 cm³/mol. The highest BCUT2D eigenvalue weighted by Crippen LogP contribution is 2.29. The number of nitrogens with zero attached hydrogens (tertiary/aromatic N) is 1. The minimum absolute atomic E-state index is 0.320. The van der Waals surface area contributed by atoms with E-state index < -0.39 is 20.8 Å². The van der Waals surface area contributed by atoms with Crippen LogP contribution in [0.1, 0.15) is 5.56 Å². The van der Waals surface area contributed by atoms with E-state index in [2.05, 4.69) is 0 Å². The third-order valence-electron chi connectivity index (χ3n) is 2.57. The van der Waals surface area contributed by atoms with Crippen LogP contribution in [0.3, 0.4) is 0 Å². The second kappa shape index (κ2) is 4.27. The van der Waals surface area contributed by atoms with E-state index in [0.29, 0.717) is 23.7 Å². The summed E-state index contributed by atoms with van der Waals surface area (Å²) in [5, 5.41) is 0. The molecular weight excluding hydrogens is 246 g/mol. The lowest BCUT2D eigenvalue weighted by molar-refractivity contribution is 0.444. The van der Waals surface area contributed by atoms with E-state index >= 15 is 0 Å². The van der Waals surface area contributed by atoms with Crippen LogP contribution in [-0.4, -0.2) is 35.5 Å². The lowest BCUT2D eigenvalue weighted by Crippen LogP contribution is -2.28. The molecule has 0 N–H and O–H groups in total. The van der Waals surface area contributed by atoms with Crippen molar-refractivity contribution in [2.24, 2.45) is 0 Å². The molecular formula is C10H13NO3S2. The van der Waals surface area contributed by atoms with Crippen molar-refractivity contribution in [2.45, 2.75) is 11.4 Å². The number of fused-ring (bicyclic) bond motifs is 1. The summed E-state index contributed by atoms with van der Waals surface area (Å²) in [5.74, 6) is 0.382. The Balaban J connectivity index is 2.26. The summed E-state index contributed by atoms with van der Waals surface area (Å²) in [6.07, 6.45) is 1.58. The Bertz CT molecular complexity index is 525. The molecule has 1 heterocycles. The minimum atomic E-state index is -3.34. The van der Waals surface area contributed by atoms with E-state index in [9.17, 15) is 12.6 Å². The molecule has 1 aromatic rings. The maximum absolute atomic E-state index is 12.0. The number of benzene rings is 1. The maximum Gasteiger partial charge on any atom is 0.243 e. The van der Waals surface area contributed by atoms with Crippen LogP contribution in [0.5, 0.6) is 0 Å². The number of sulfonamides is 1. The van der Waals surface area contributed by atoms with E-state index in [4.69, 9.17) is 0 Å². The van der Waals surface area contributed by atoms with Crippen LogP contribution in [0, 0.1) is 0 Å². The van der Waals surface area contributed by atoms with Gasteiger partial charge in [0.1, 0.15) is 0 Å². The van der Waals surface area contributed by atoms with Crippen LogP contribution >= 0.6 is 0 Å². The average Bonchev–Trinajstić information content (AvgIpc) is 2.48.